The zero-order valence-electron chi connectivity index (χ0n) is 34.6. The summed E-state index contributed by atoms with van der Waals surface area (Å²) in [6.45, 7) is 0. The van der Waals surface area contributed by atoms with E-state index in [4.69, 9.17) is 0 Å². The Morgan fingerprint density at radius 2 is 0.492 bits per heavy atom. The number of para-hydroxylation sites is 2. The van der Waals surface area contributed by atoms with Gasteiger partial charge in [-0.2, -0.15) is 0 Å². The van der Waals surface area contributed by atoms with Gasteiger partial charge in [0.25, 0.3) is 0 Å². The molecule has 0 bridgehead atoms. The van der Waals surface area contributed by atoms with Gasteiger partial charge in [0.15, 0.2) is 0 Å². The molecule has 10 aromatic carbocycles. The molecule has 0 amide bonds. The van der Waals surface area contributed by atoms with Crippen LogP contribution in [0.15, 0.2) is 255 Å². The summed E-state index contributed by atoms with van der Waals surface area (Å²) in [6.07, 6.45) is 0. The second-order valence-corrected chi connectivity index (χ2v) is 16.5. The van der Waals surface area contributed by atoms with Crippen LogP contribution >= 0.6 is 0 Å². The lowest BCUT2D eigenvalue weighted by molar-refractivity contribution is 0.793. The minimum atomic E-state index is -0.553. The Morgan fingerprint density at radius 1 is 0.206 bits per heavy atom. The van der Waals surface area contributed by atoms with E-state index in [2.05, 4.69) is 265 Å². The molecule has 1 atom stereocenters. The van der Waals surface area contributed by atoms with Crippen LogP contribution in [0.3, 0.4) is 0 Å². The molecule has 0 saturated heterocycles. The van der Waals surface area contributed by atoms with Crippen LogP contribution in [0.2, 0.25) is 0 Å². The first kappa shape index (κ1) is 36.6. The molecular formula is C61H42N2. The van der Waals surface area contributed by atoms with Crippen LogP contribution in [-0.4, -0.2) is 0 Å². The van der Waals surface area contributed by atoms with Crippen LogP contribution in [0.25, 0.3) is 44.5 Å². The van der Waals surface area contributed by atoms with Crippen molar-refractivity contribution in [3.8, 4) is 44.5 Å². The van der Waals surface area contributed by atoms with Crippen molar-refractivity contribution < 1.29 is 0 Å². The highest BCUT2D eigenvalue weighted by Crippen LogP contribution is 2.64. The van der Waals surface area contributed by atoms with Crippen LogP contribution in [0.4, 0.5) is 34.1 Å². The number of fused-ring (bicyclic) bond motifs is 10. The number of anilines is 6. The van der Waals surface area contributed by atoms with Gasteiger partial charge in [0.2, 0.25) is 0 Å². The Kier molecular flexibility index (Phi) is 8.76. The summed E-state index contributed by atoms with van der Waals surface area (Å²) in [6, 6.07) is 93.2. The van der Waals surface area contributed by atoms with Crippen LogP contribution in [0.1, 0.15) is 22.3 Å². The molecule has 0 aromatic heterocycles. The summed E-state index contributed by atoms with van der Waals surface area (Å²) < 4.78 is 0. The van der Waals surface area contributed by atoms with Crippen molar-refractivity contribution in [2.45, 2.75) is 5.41 Å². The molecule has 1 unspecified atom stereocenters. The molecule has 10 aromatic rings. The highest BCUT2D eigenvalue weighted by atomic mass is 15.1. The van der Waals surface area contributed by atoms with Gasteiger partial charge in [0, 0.05) is 34.1 Å². The minimum Gasteiger partial charge on any atom is -0.310 e. The lowest BCUT2D eigenvalue weighted by Gasteiger charge is -2.33. The van der Waals surface area contributed by atoms with Gasteiger partial charge in [-0.05, 0) is 140 Å². The molecule has 2 nitrogen and oxygen atoms in total. The van der Waals surface area contributed by atoms with Crippen molar-refractivity contribution in [1.82, 2.24) is 0 Å². The molecule has 12 rings (SSSR count). The Balaban J connectivity index is 1.08. The molecular weight excluding hydrogens is 761 g/mol. The first-order valence-electron chi connectivity index (χ1n) is 21.8. The van der Waals surface area contributed by atoms with Crippen LogP contribution in [0.5, 0.6) is 0 Å². The summed E-state index contributed by atoms with van der Waals surface area (Å²) in [5.74, 6) is 0. The van der Waals surface area contributed by atoms with E-state index in [0.29, 0.717) is 0 Å². The first-order chi connectivity index (χ1) is 31.3. The highest BCUT2D eigenvalue weighted by Gasteiger charge is 2.52. The van der Waals surface area contributed by atoms with Gasteiger partial charge in [-0.1, -0.05) is 182 Å². The van der Waals surface area contributed by atoms with E-state index in [-0.39, 0.29) is 0 Å². The van der Waals surface area contributed by atoms with Crippen molar-refractivity contribution in [3.05, 3.63) is 277 Å². The predicted octanol–water partition coefficient (Wildman–Crippen LogP) is 16.3. The fourth-order valence-corrected chi connectivity index (χ4v) is 10.3. The minimum absolute atomic E-state index is 0.553. The van der Waals surface area contributed by atoms with Crippen molar-refractivity contribution in [2.75, 3.05) is 9.80 Å². The Morgan fingerprint density at radius 3 is 0.889 bits per heavy atom. The largest absolute Gasteiger partial charge is 0.310 e. The number of benzene rings is 10. The third kappa shape index (κ3) is 5.95. The maximum absolute atomic E-state index is 2.48. The van der Waals surface area contributed by atoms with Crippen molar-refractivity contribution in [2.24, 2.45) is 0 Å². The lowest BCUT2D eigenvalue weighted by atomic mass is 9.70. The van der Waals surface area contributed by atoms with E-state index in [0.717, 1.165) is 34.1 Å². The molecule has 2 aliphatic rings. The normalized spacial score (nSPS) is 14.1. The molecule has 0 radical (unpaired) electrons. The summed E-state index contributed by atoms with van der Waals surface area (Å²) in [7, 11) is 0. The van der Waals surface area contributed by atoms with Gasteiger partial charge in [-0.3, -0.25) is 0 Å². The lowest BCUT2D eigenvalue weighted by Crippen LogP contribution is -2.26. The van der Waals surface area contributed by atoms with Crippen molar-refractivity contribution in [3.63, 3.8) is 0 Å². The molecule has 0 aliphatic heterocycles. The fraction of sp³-hybridized carbons (Fsp3) is 0.0164. The van der Waals surface area contributed by atoms with E-state index in [1.54, 1.807) is 0 Å². The summed E-state index contributed by atoms with van der Waals surface area (Å²) in [5.41, 5.74) is 21.2. The van der Waals surface area contributed by atoms with Gasteiger partial charge in [0.05, 0.1) is 5.41 Å². The van der Waals surface area contributed by atoms with Gasteiger partial charge in [-0.25, -0.2) is 0 Å². The fourth-order valence-electron chi connectivity index (χ4n) is 10.3. The number of hydrogen-bond donors (Lipinski definition) is 0. The highest BCUT2D eigenvalue weighted by molar-refractivity contribution is 5.97. The Labute approximate surface area is 369 Å². The zero-order valence-corrected chi connectivity index (χ0v) is 34.6. The Hall–Kier alpha value is -8.20. The molecule has 296 valence electrons. The quantitative estimate of drug-likeness (QED) is 0.151. The Bertz CT molecular complexity index is 3120. The molecule has 2 heteroatoms. The zero-order chi connectivity index (χ0) is 41.7. The molecule has 0 saturated carbocycles. The molecule has 0 N–H and O–H groups in total. The number of rotatable bonds is 8. The summed E-state index contributed by atoms with van der Waals surface area (Å²) in [4.78, 5) is 4.81. The SMILES string of the molecule is c1ccc(-c2ccc(N(c3ccc(-c4ccccc4)cc3)c3ccc4c(c3)C3(c5ccccc5-c5ccc(N(c6ccccc6)c6ccccc6)cc53)c3ccccc3-4)cc2)cc1. The maximum Gasteiger partial charge on any atom is 0.0727 e. The monoisotopic (exact) mass is 802 g/mol. The molecule has 2 aliphatic carbocycles. The van der Waals surface area contributed by atoms with Crippen LogP contribution in [-0.2, 0) is 5.41 Å². The number of hydrogen-bond acceptors (Lipinski definition) is 2. The van der Waals surface area contributed by atoms with E-state index < -0.39 is 5.41 Å². The van der Waals surface area contributed by atoms with Crippen LogP contribution < -0.4 is 9.80 Å². The topological polar surface area (TPSA) is 6.48 Å². The molecule has 0 heterocycles. The number of nitrogens with zero attached hydrogens (tertiary/aromatic N) is 2. The third-order valence-electron chi connectivity index (χ3n) is 13.1. The standard InChI is InChI=1S/C61H42N2/c1-5-17-43(18-6-1)45-29-33-49(34-30-45)63(50-35-31-46(32-36-50)44-19-7-2-8-20-44)52-38-40-56-54-26-14-16-28-58(54)61(60(56)42-52)57-27-15-13-25-53(57)55-39-37-51(41-59(55)61)62(47-21-9-3-10-22-47)48-23-11-4-12-24-48/h1-42H. The smallest absolute Gasteiger partial charge is 0.0727 e. The van der Waals surface area contributed by atoms with E-state index >= 15 is 0 Å². The molecule has 0 fully saturated rings. The molecule has 63 heavy (non-hydrogen) atoms. The maximum atomic E-state index is 2.48. The second-order valence-electron chi connectivity index (χ2n) is 16.5. The van der Waals surface area contributed by atoms with Gasteiger partial charge < -0.3 is 9.80 Å². The van der Waals surface area contributed by atoms with Gasteiger partial charge >= 0.3 is 0 Å². The second kappa shape index (κ2) is 15.1. The van der Waals surface area contributed by atoms with Gasteiger partial charge in [0.1, 0.15) is 0 Å². The predicted molar refractivity (Wildman–Crippen MR) is 263 cm³/mol. The van der Waals surface area contributed by atoms with Crippen molar-refractivity contribution in [1.29, 1.82) is 0 Å². The average Bonchev–Trinajstić information content (AvgIpc) is 3.82. The summed E-state index contributed by atoms with van der Waals surface area (Å²) in [5, 5.41) is 0. The van der Waals surface area contributed by atoms with E-state index in [1.807, 2.05) is 0 Å². The van der Waals surface area contributed by atoms with E-state index in [9.17, 15) is 0 Å². The first-order valence-corrected chi connectivity index (χ1v) is 21.8. The third-order valence-corrected chi connectivity index (χ3v) is 13.1. The molecule has 1 spiro atoms. The average molecular weight is 803 g/mol. The van der Waals surface area contributed by atoms with E-state index in [1.165, 1.54) is 66.8 Å². The van der Waals surface area contributed by atoms with Crippen LogP contribution in [0, 0.1) is 0 Å². The van der Waals surface area contributed by atoms with Gasteiger partial charge in [-0.15, -0.1) is 0 Å². The summed E-state index contributed by atoms with van der Waals surface area (Å²) >= 11 is 0. The van der Waals surface area contributed by atoms with Crippen molar-refractivity contribution >= 4 is 34.1 Å².